The SMILES string of the molecule is Cc1c(C)c2ccc(OCc3ccc(C(C)(C)C)cc3)cc2oc1=O. The summed E-state index contributed by atoms with van der Waals surface area (Å²) < 4.78 is 11.3. The Bertz CT molecular complexity index is 957. The summed E-state index contributed by atoms with van der Waals surface area (Å²) >= 11 is 0. The molecule has 130 valence electrons. The second kappa shape index (κ2) is 6.40. The highest BCUT2D eigenvalue weighted by Gasteiger charge is 2.13. The van der Waals surface area contributed by atoms with Crippen LogP contribution in [0.1, 0.15) is 43.0 Å². The van der Waals surface area contributed by atoms with Crippen LogP contribution in [0.4, 0.5) is 0 Å². The molecule has 0 saturated carbocycles. The van der Waals surface area contributed by atoms with Crippen molar-refractivity contribution in [2.75, 3.05) is 0 Å². The minimum absolute atomic E-state index is 0.144. The molecule has 0 saturated heterocycles. The molecule has 0 fully saturated rings. The fourth-order valence-electron chi connectivity index (χ4n) is 2.79. The Balaban J connectivity index is 1.79. The van der Waals surface area contributed by atoms with E-state index < -0.39 is 0 Å². The first-order chi connectivity index (χ1) is 11.8. The Morgan fingerprint density at radius 1 is 0.960 bits per heavy atom. The number of benzene rings is 2. The molecule has 0 aliphatic heterocycles. The average molecular weight is 336 g/mol. The molecule has 0 amide bonds. The fraction of sp³-hybridized carbons (Fsp3) is 0.318. The third-order valence-corrected chi connectivity index (χ3v) is 4.65. The lowest BCUT2D eigenvalue weighted by Gasteiger charge is -2.19. The number of hydrogen-bond donors (Lipinski definition) is 0. The molecule has 3 heteroatoms. The van der Waals surface area contributed by atoms with E-state index in [0.29, 0.717) is 23.5 Å². The minimum Gasteiger partial charge on any atom is -0.489 e. The van der Waals surface area contributed by atoms with Gasteiger partial charge in [-0.3, -0.25) is 0 Å². The summed E-state index contributed by atoms with van der Waals surface area (Å²) in [5.74, 6) is 0.693. The van der Waals surface area contributed by atoms with Crippen molar-refractivity contribution >= 4 is 11.0 Å². The molecule has 3 rings (SSSR count). The van der Waals surface area contributed by atoms with Gasteiger partial charge >= 0.3 is 5.63 Å². The van der Waals surface area contributed by atoms with Crippen molar-refractivity contribution in [3.05, 3.63) is 75.1 Å². The normalized spacial score (nSPS) is 11.7. The molecule has 0 N–H and O–H groups in total. The lowest BCUT2D eigenvalue weighted by atomic mass is 9.87. The average Bonchev–Trinajstić information content (AvgIpc) is 2.57. The van der Waals surface area contributed by atoms with Gasteiger partial charge in [-0.05, 0) is 48.1 Å². The molecule has 1 aromatic heterocycles. The molecule has 1 heterocycles. The second-order valence-electron chi connectivity index (χ2n) is 7.53. The highest BCUT2D eigenvalue weighted by Crippen LogP contribution is 2.25. The van der Waals surface area contributed by atoms with Crippen molar-refractivity contribution < 1.29 is 9.15 Å². The van der Waals surface area contributed by atoms with Crippen LogP contribution in [0.3, 0.4) is 0 Å². The quantitative estimate of drug-likeness (QED) is 0.610. The maximum atomic E-state index is 11.8. The lowest BCUT2D eigenvalue weighted by molar-refractivity contribution is 0.306. The van der Waals surface area contributed by atoms with Gasteiger partial charge in [-0.15, -0.1) is 0 Å². The van der Waals surface area contributed by atoms with Crippen LogP contribution in [0.15, 0.2) is 51.7 Å². The van der Waals surface area contributed by atoms with Crippen LogP contribution in [-0.4, -0.2) is 0 Å². The number of ether oxygens (including phenoxy) is 1. The van der Waals surface area contributed by atoms with Gasteiger partial charge in [0, 0.05) is 17.0 Å². The minimum atomic E-state index is -0.292. The first kappa shape index (κ1) is 17.3. The van der Waals surface area contributed by atoms with Gasteiger partial charge in [0.2, 0.25) is 0 Å². The molecular formula is C22H24O3. The van der Waals surface area contributed by atoms with Gasteiger partial charge in [0.15, 0.2) is 0 Å². The monoisotopic (exact) mass is 336 g/mol. The molecule has 0 bridgehead atoms. The van der Waals surface area contributed by atoms with Crippen LogP contribution < -0.4 is 10.4 Å². The summed E-state index contributed by atoms with van der Waals surface area (Å²) in [5, 5.41) is 0.944. The van der Waals surface area contributed by atoms with Gasteiger partial charge in [0.1, 0.15) is 17.9 Å². The highest BCUT2D eigenvalue weighted by atomic mass is 16.5. The third kappa shape index (κ3) is 3.60. The first-order valence-corrected chi connectivity index (χ1v) is 8.52. The van der Waals surface area contributed by atoms with Crippen molar-refractivity contribution in [1.29, 1.82) is 0 Å². The molecule has 0 spiro atoms. The summed E-state index contributed by atoms with van der Waals surface area (Å²) in [6.45, 7) is 10.8. The van der Waals surface area contributed by atoms with Crippen LogP contribution in [0.2, 0.25) is 0 Å². The Kier molecular flexibility index (Phi) is 4.42. The van der Waals surface area contributed by atoms with Crippen LogP contribution in [0.25, 0.3) is 11.0 Å². The van der Waals surface area contributed by atoms with Gasteiger partial charge < -0.3 is 9.15 Å². The molecule has 0 unspecified atom stereocenters. The molecule has 0 aliphatic carbocycles. The van der Waals surface area contributed by atoms with Crippen molar-refractivity contribution in [3.63, 3.8) is 0 Å². The Morgan fingerprint density at radius 2 is 1.64 bits per heavy atom. The van der Waals surface area contributed by atoms with E-state index in [1.54, 1.807) is 13.0 Å². The molecular weight excluding hydrogens is 312 g/mol. The fourth-order valence-corrected chi connectivity index (χ4v) is 2.79. The second-order valence-corrected chi connectivity index (χ2v) is 7.53. The highest BCUT2D eigenvalue weighted by molar-refractivity contribution is 5.82. The molecule has 0 radical (unpaired) electrons. The molecule has 3 nitrogen and oxygen atoms in total. The number of hydrogen-bond acceptors (Lipinski definition) is 3. The van der Waals surface area contributed by atoms with E-state index in [1.165, 1.54) is 5.56 Å². The van der Waals surface area contributed by atoms with E-state index >= 15 is 0 Å². The van der Waals surface area contributed by atoms with E-state index in [9.17, 15) is 4.79 Å². The van der Waals surface area contributed by atoms with Gasteiger partial charge in [0.25, 0.3) is 0 Å². The summed E-state index contributed by atoms with van der Waals surface area (Å²) in [5.41, 5.74) is 4.43. The van der Waals surface area contributed by atoms with E-state index in [0.717, 1.165) is 16.5 Å². The first-order valence-electron chi connectivity index (χ1n) is 8.52. The zero-order chi connectivity index (χ0) is 18.2. The van der Waals surface area contributed by atoms with Crippen molar-refractivity contribution in [1.82, 2.24) is 0 Å². The third-order valence-electron chi connectivity index (χ3n) is 4.65. The van der Waals surface area contributed by atoms with Gasteiger partial charge in [-0.25, -0.2) is 4.79 Å². The lowest BCUT2D eigenvalue weighted by Crippen LogP contribution is -2.10. The van der Waals surface area contributed by atoms with Crippen LogP contribution in [0, 0.1) is 13.8 Å². The number of aryl methyl sites for hydroxylation is 1. The van der Waals surface area contributed by atoms with E-state index in [2.05, 4.69) is 45.0 Å². The van der Waals surface area contributed by atoms with Crippen molar-refractivity contribution in [3.8, 4) is 5.75 Å². The zero-order valence-corrected chi connectivity index (χ0v) is 15.5. The smallest absolute Gasteiger partial charge is 0.339 e. The summed E-state index contributed by atoms with van der Waals surface area (Å²) in [7, 11) is 0. The maximum absolute atomic E-state index is 11.8. The molecule has 3 aromatic rings. The topological polar surface area (TPSA) is 39.4 Å². The largest absolute Gasteiger partial charge is 0.489 e. The summed E-state index contributed by atoms with van der Waals surface area (Å²) in [4.78, 5) is 11.8. The maximum Gasteiger partial charge on any atom is 0.339 e. The standard InChI is InChI=1S/C22H24O3/c1-14-15(2)21(23)25-20-12-18(10-11-19(14)20)24-13-16-6-8-17(9-7-16)22(3,4)5/h6-12H,13H2,1-5H3. The Morgan fingerprint density at radius 3 is 2.28 bits per heavy atom. The predicted octanol–water partition coefficient (Wildman–Crippen LogP) is 5.29. The van der Waals surface area contributed by atoms with Crippen LogP contribution in [0.5, 0.6) is 5.75 Å². The number of fused-ring (bicyclic) bond motifs is 1. The van der Waals surface area contributed by atoms with Gasteiger partial charge in [-0.1, -0.05) is 45.0 Å². The van der Waals surface area contributed by atoms with Crippen molar-refractivity contribution in [2.24, 2.45) is 0 Å². The molecule has 0 atom stereocenters. The van der Waals surface area contributed by atoms with E-state index in [4.69, 9.17) is 9.15 Å². The van der Waals surface area contributed by atoms with Crippen molar-refractivity contribution in [2.45, 2.75) is 46.6 Å². The predicted molar refractivity (Wildman–Crippen MR) is 101 cm³/mol. The van der Waals surface area contributed by atoms with Crippen LogP contribution in [-0.2, 0) is 12.0 Å². The van der Waals surface area contributed by atoms with E-state index in [-0.39, 0.29) is 11.0 Å². The van der Waals surface area contributed by atoms with Gasteiger partial charge in [0.05, 0.1) is 0 Å². The summed E-state index contributed by atoms with van der Waals surface area (Å²) in [6, 6.07) is 14.1. The molecule has 0 aliphatic rings. The summed E-state index contributed by atoms with van der Waals surface area (Å²) in [6.07, 6.45) is 0. The number of rotatable bonds is 3. The molecule has 2 aromatic carbocycles. The Hall–Kier alpha value is -2.55. The van der Waals surface area contributed by atoms with Gasteiger partial charge in [-0.2, -0.15) is 0 Å². The zero-order valence-electron chi connectivity index (χ0n) is 15.5. The van der Waals surface area contributed by atoms with E-state index in [1.807, 2.05) is 19.1 Å². The Labute approximate surface area is 148 Å². The molecule has 25 heavy (non-hydrogen) atoms. The van der Waals surface area contributed by atoms with Crippen LogP contribution >= 0.6 is 0 Å².